The summed E-state index contributed by atoms with van der Waals surface area (Å²) in [6, 6.07) is 0. The van der Waals surface area contributed by atoms with Crippen LogP contribution < -0.4 is 10.6 Å². The highest BCUT2D eigenvalue weighted by Gasteiger charge is 2.32. The maximum atomic E-state index is 5.50. The zero-order valence-corrected chi connectivity index (χ0v) is 11.3. The van der Waals surface area contributed by atoms with Crippen molar-refractivity contribution in [2.75, 3.05) is 5.32 Å². The number of rotatable bonds is 0. The lowest BCUT2D eigenvalue weighted by Crippen LogP contribution is -2.52. The molecule has 0 saturated carbocycles. The Labute approximate surface area is 105 Å². The van der Waals surface area contributed by atoms with Crippen LogP contribution in [0.1, 0.15) is 42.7 Å². The molecule has 0 spiro atoms. The maximum Gasteiger partial charge on any atom is 0.111 e. The third-order valence-corrected chi connectivity index (χ3v) is 4.76. The van der Waals surface area contributed by atoms with Gasteiger partial charge in [-0.05, 0) is 45.1 Å². The molecule has 86 valence electrons. The fourth-order valence-electron chi connectivity index (χ4n) is 2.56. The second-order valence-corrected chi connectivity index (χ2v) is 6.63. The van der Waals surface area contributed by atoms with E-state index in [1.165, 1.54) is 41.8 Å². The molecule has 0 fully saturated rings. The van der Waals surface area contributed by atoms with Crippen molar-refractivity contribution in [3.8, 4) is 0 Å². The first kappa shape index (κ1) is 10.5. The second-order valence-electron chi connectivity index (χ2n) is 5.12. The summed E-state index contributed by atoms with van der Waals surface area (Å²) in [6.07, 6.45) is 5.07. The lowest BCUT2D eigenvalue weighted by atomic mass is 9.94. The van der Waals surface area contributed by atoms with E-state index in [0.29, 0.717) is 0 Å². The highest BCUT2D eigenvalue weighted by Crippen LogP contribution is 2.41. The maximum absolute atomic E-state index is 5.50. The SMILES string of the molecule is CC1(C)NC(=S)c2c(sc3c2CCCC3)N1. The Morgan fingerprint density at radius 2 is 1.94 bits per heavy atom. The molecule has 1 aliphatic carbocycles. The van der Waals surface area contributed by atoms with Crippen LogP contribution in [0.15, 0.2) is 0 Å². The molecule has 0 unspecified atom stereocenters. The van der Waals surface area contributed by atoms with Gasteiger partial charge >= 0.3 is 0 Å². The Morgan fingerprint density at radius 1 is 1.19 bits per heavy atom. The summed E-state index contributed by atoms with van der Waals surface area (Å²) >= 11 is 7.41. The second kappa shape index (κ2) is 3.44. The predicted molar refractivity (Wildman–Crippen MR) is 73.5 cm³/mol. The quantitative estimate of drug-likeness (QED) is 0.694. The molecule has 1 aromatic rings. The van der Waals surface area contributed by atoms with Crippen molar-refractivity contribution in [2.24, 2.45) is 0 Å². The molecule has 3 rings (SSSR count). The Kier molecular flexibility index (Phi) is 2.27. The summed E-state index contributed by atoms with van der Waals surface area (Å²) < 4.78 is 0. The van der Waals surface area contributed by atoms with E-state index in [0.717, 1.165) is 4.99 Å². The predicted octanol–water partition coefficient (Wildman–Crippen LogP) is 3.05. The van der Waals surface area contributed by atoms with E-state index in [2.05, 4.69) is 24.5 Å². The summed E-state index contributed by atoms with van der Waals surface area (Å²) in [7, 11) is 0. The molecule has 0 atom stereocenters. The minimum Gasteiger partial charge on any atom is -0.354 e. The van der Waals surface area contributed by atoms with Crippen LogP contribution in [0.25, 0.3) is 0 Å². The molecule has 2 heterocycles. The standard InChI is InChI=1S/C12H16N2S2/c1-12(2)13-10(15)9-7-5-3-4-6-8(7)16-11(9)14-12/h14H,3-6H2,1-2H3,(H,13,15). The average molecular weight is 252 g/mol. The zero-order valence-electron chi connectivity index (χ0n) is 9.64. The molecule has 4 heteroatoms. The Balaban J connectivity index is 2.12. The van der Waals surface area contributed by atoms with Crippen LogP contribution in [0, 0.1) is 0 Å². The van der Waals surface area contributed by atoms with E-state index < -0.39 is 0 Å². The third-order valence-electron chi connectivity index (χ3n) is 3.25. The van der Waals surface area contributed by atoms with Gasteiger partial charge in [0.1, 0.15) is 15.7 Å². The highest BCUT2D eigenvalue weighted by atomic mass is 32.1. The van der Waals surface area contributed by atoms with Gasteiger partial charge in [-0.15, -0.1) is 11.3 Å². The van der Waals surface area contributed by atoms with Gasteiger partial charge in [0.25, 0.3) is 0 Å². The first-order valence-electron chi connectivity index (χ1n) is 5.82. The van der Waals surface area contributed by atoms with Gasteiger partial charge in [-0.25, -0.2) is 0 Å². The number of thiocarbonyl (C=S) groups is 1. The zero-order chi connectivity index (χ0) is 11.3. The topological polar surface area (TPSA) is 24.1 Å². The summed E-state index contributed by atoms with van der Waals surface area (Å²) in [4.78, 5) is 2.48. The molecular weight excluding hydrogens is 236 g/mol. The molecule has 0 radical (unpaired) electrons. The molecule has 0 amide bonds. The molecule has 16 heavy (non-hydrogen) atoms. The summed E-state index contributed by atoms with van der Waals surface area (Å²) in [5.74, 6) is 0. The fraction of sp³-hybridized carbons (Fsp3) is 0.583. The van der Waals surface area contributed by atoms with Gasteiger partial charge in [-0.3, -0.25) is 0 Å². The fourth-order valence-corrected chi connectivity index (χ4v) is 4.55. The molecule has 2 N–H and O–H groups in total. The molecule has 2 nitrogen and oxygen atoms in total. The smallest absolute Gasteiger partial charge is 0.111 e. The Morgan fingerprint density at radius 3 is 2.75 bits per heavy atom. The van der Waals surface area contributed by atoms with Gasteiger partial charge in [-0.1, -0.05) is 12.2 Å². The highest BCUT2D eigenvalue weighted by molar-refractivity contribution is 7.80. The van der Waals surface area contributed by atoms with E-state index in [4.69, 9.17) is 12.2 Å². The van der Waals surface area contributed by atoms with Crippen molar-refractivity contribution in [3.63, 3.8) is 0 Å². The lowest BCUT2D eigenvalue weighted by Gasteiger charge is -2.34. The normalized spacial score (nSPS) is 21.8. The van der Waals surface area contributed by atoms with Crippen molar-refractivity contribution in [2.45, 2.75) is 45.2 Å². The van der Waals surface area contributed by atoms with Gasteiger partial charge in [-0.2, -0.15) is 0 Å². The number of thiophene rings is 1. The monoisotopic (exact) mass is 252 g/mol. The number of hydrogen-bond acceptors (Lipinski definition) is 3. The minimum absolute atomic E-state index is 0.114. The van der Waals surface area contributed by atoms with E-state index in [-0.39, 0.29) is 5.66 Å². The number of aryl methyl sites for hydroxylation is 1. The van der Waals surface area contributed by atoms with Crippen molar-refractivity contribution in [1.82, 2.24) is 5.32 Å². The van der Waals surface area contributed by atoms with Gasteiger partial charge in [0, 0.05) is 10.4 Å². The van der Waals surface area contributed by atoms with Crippen LogP contribution in [0.5, 0.6) is 0 Å². The molecule has 0 aromatic carbocycles. The van der Waals surface area contributed by atoms with Crippen LogP contribution in [-0.4, -0.2) is 10.7 Å². The first-order chi connectivity index (χ1) is 7.57. The molecule has 2 aliphatic rings. The van der Waals surface area contributed by atoms with Crippen LogP contribution in [0.4, 0.5) is 5.00 Å². The van der Waals surface area contributed by atoms with E-state index in [1.807, 2.05) is 11.3 Å². The Bertz CT molecular complexity index is 460. The van der Waals surface area contributed by atoms with Gasteiger partial charge < -0.3 is 10.6 Å². The first-order valence-corrected chi connectivity index (χ1v) is 7.04. The minimum atomic E-state index is -0.114. The van der Waals surface area contributed by atoms with E-state index in [9.17, 15) is 0 Å². The molecule has 0 saturated heterocycles. The van der Waals surface area contributed by atoms with Crippen molar-refractivity contribution >= 4 is 33.5 Å². The molecule has 1 aliphatic heterocycles. The average Bonchev–Trinajstić information content (AvgIpc) is 2.52. The molecule has 0 bridgehead atoms. The van der Waals surface area contributed by atoms with Crippen molar-refractivity contribution in [3.05, 3.63) is 16.0 Å². The van der Waals surface area contributed by atoms with Gasteiger partial charge in [0.05, 0.1) is 0 Å². The number of nitrogens with one attached hydrogen (secondary N) is 2. The van der Waals surface area contributed by atoms with E-state index in [1.54, 1.807) is 4.88 Å². The lowest BCUT2D eigenvalue weighted by molar-refractivity contribution is 0.526. The summed E-state index contributed by atoms with van der Waals surface area (Å²) in [5, 5.41) is 8.20. The summed E-state index contributed by atoms with van der Waals surface area (Å²) in [6.45, 7) is 4.25. The van der Waals surface area contributed by atoms with Crippen molar-refractivity contribution < 1.29 is 0 Å². The van der Waals surface area contributed by atoms with Crippen LogP contribution in [-0.2, 0) is 12.8 Å². The molecular formula is C12H16N2S2. The number of fused-ring (bicyclic) bond motifs is 3. The van der Waals surface area contributed by atoms with Gasteiger partial charge in [0.15, 0.2) is 0 Å². The number of anilines is 1. The van der Waals surface area contributed by atoms with E-state index >= 15 is 0 Å². The molecule has 1 aromatic heterocycles. The Hall–Kier alpha value is -0.610. The van der Waals surface area contributed by atoms with Crippen LogP contribution in [0.3, 0.4) is 0 Å². The van der Waals surface area contributed by atoms with Crippen LogP contribution in [0.2, 0.25) is 0 Å². The van der Waals surface area contributed by atoms with Crippen LogP contribution >= 0.6 is 23.6 Å². The third kappa shape index (κ3) is 1.55. The number of hydrogen-bond donors (Lipinski definition) is 2. The summed E-state index contributed by atoms with van der Waals surface area (Å²) in [5.41, 5.74) is 2.68. The van der Waals surface area contributed by atoms with Gasteiger partial charge in [0.2, 0.25) is 0 Å². The van der Waals surface area contributed by atoms with Crippen molar-refractivity contribution in [1.29, 1.82) is 0 Å². The largest absolute Gasteiger partial charge is 0.354 e.